The quantitative estimate of drug-likeness (QED) is 0.883. The zero-order chi connectivity index (χ0) is 13.8. The van der Waals surface area contributed by atoms with E-state index in [4.69, 9.17) is 0 Å². The Morgan fingerprint density at radius 2 is 2.10 bits per heavy atom. The Morgan fingerprint density at radius 3 is 2.85 bits per heavy atom. The number of benzene rings is 1. The van der Waals surface area contributed by atoms with Crippen LogP contribution in [-0.2, 0) is 6.54 Å². The van der Waals surface area contributed by atoms with E-state index in [1.54, 1.807) is 0 Å². The molecule has 2 fully saturated rings. The van der Waals surface area contributed by atoms with E-state index in [-0.39, 0.29) is 0 Å². The lowest BCUT2D eigenvalue weighted by Crippen LogP contribution is -2.49. The minimum atomic E-state index is -0.484. The summed E-state index contributed by atoms with van der Waals surface area (Å²) in [5.41, 5.74) is 0.899. The van der Waals surface area contributed by atoms with Gasteiger partial charge in [0.15, 0.2) is 0 Å². The summed E-state index contributed by atoms with van der Waals surface area (Å²) in [6, 6.07) is 11.2. The third-order valence-electron chi connectivity index (χ3n) is 4.79. The maximum atomic E-state index is 10.7. The smallest absolute Gasteiger partial charge is 0.0786 e. The average Bonchev–Trinajstić information content (AvgIpc) is 2.87. The van der Waals surface area contributed by atoms with Gasteiger partial charge in [-0.2, -0.15) is 0 Å². The van der Waals surface area contributed by atoms with Crippen LogP contribution in [0.15, 0.2) is 30.3 Å². The maximum Gasteiger partial charge on any atom is 0.0786 e. The summed E-state index contributed by atoms with van der Waals surface area (Å²) in [6.07, 6.45) is 5.47. The fraction of sp³-hybridized carbons (Fsp3) is 0.647. The Bertz CT molecular complexity index is 414. The third-order valence-corrected chi connectivity index (χ3v) is 4.79. The van der Waals surface area contributed by atoms with Crippen LogP contribution in [0.1, 0.15) is 37.7 Å². The monoisotopic (exact) mass is 274 g/mol. The zero-order valence-electron chi connectivity index (χ0n) is 12.2. The number of rotatable bonds is 4. The van der Waals surface area contributed by atoms with Crippen molar-refractivity contribution in [1.82, 2.24) is 10.2 Å². The van der Waals surface area contributed by atoms with E-state index in [1.807, 2.05) is 0 Å². The molecule has 2 heterocycles. The maximum absolute atomic E-state index is 10.7. The first-order chi connectivity index (χ1) is 9.75. The van der Waals surface area contributed by atoms with Crippen molar-refractivity contribution in [3.05, 3.63) is 35.9 Å². The van der Waals surface area contributed by atoms with Crippen LogP contribution < -0.4 is 5.32 Å². The number of nitrogens with zero attached hydrogens (tertiary/aromatic N) is 1. The first-order valence-corrected chi connectivity index (χ1v) is 7.96. The third kappa shape index (κ3) is 3.40. The van der Waals surface area contributed by atoms with Gasteiger partial charge in [-0.3, -0.25) is 4.90 Å². The Balaban J connectivity index is 1.60. The second-order valence-corrected chi connectivity index (χ2v) is 6.46. The SMILES string of the molecule is OC1(CC2CCCN2Cc2ccccc2)CCCNC1. The fourth-order valence-electron chi connectivity index (χ4n) is 3.72. The molecule has 2 atom stereocenters. The largest absolute Gasteiger partial charge is 0.389 e. The van der Waals surface area contributed by atoms with E-state index < -0.39 is 5.60 Å². The van der Waals surface area contributed by atoms with Crippen molar-refractivity contribution >= 4 is 0 Å². The second-order valence-electron chi connectivity index (χ2n) is 6.46. The van der Waals surface area contributed by atoms with Gasteiger partial charge in [0, 0.05) is 19.1 Å². The topological polar surface area (TPSA) is 35.5 Å². The van der Waals surface area contributed by atoms with Crippen molar-refractivity contribution in [3.63, 3.8) is 0 Å². The molecule has 20 heavy (non-hydrogen) atoms. The number of hydrogen-bond acceptors (Lipinski definition) is 3. The first kappa shape index (κ1) is 14.1. The number of likely N-dealkylation sites (tertiary alicyclic amines) is 1. The van der Waals surface area contributed by atoms with Gasteiger partial charge in [-0.15, -0.1) is 0 Å². The van der Waals surface area contributed by atoms with Gasteiger partial charge in [-0.25, -0.2) is 0 Å². The van der Waals surface area contributed by atoms with Gasteiger partial charge < -0.3 is 10.4 Å². The standard InChI is InChI=1S/C17H26N2O/c20-17(9-5-10-18-14-17)12-16-8-4-11-19(16)13-15-6-2-1-3-7-15/h1-3,6-7,16,18,20H,4-5,8-14H2. The molecule has 0 radical (unpaired) electrons. The van der Waals surface area contributed by atoms with Crippen molar-refractivity contribution in [1.29, 1.82) is 0 Å². The first-order valence-electron chi connectivity index (χ1n) is 7.96. The minimum absolute atomic E-state index is 0.484. The summed E-state index contributed by atoms with van der Waals surface area (Å²) in [4.78, 5) is 2.56. The van der Waals surface area contributed by atoms with Crippen molar-refractivity contribution in [2.24, 2.45) is 0 Å². The molecule has 0 aliphatic carbocycles. The molecular weight excluding hydrogens is 248 g/mol. The number of hydrogen-bond donors (Lipinski definition) is 2. The van der Waals surface area contributed by atoms with Crippen LogP contribution in [0.2, 0.25) is 0 Å². The average molecular weight is 274 g/mol. The lowest BCUT2D eigenvalue weighted by Gasteiger charge is -2.37. The van der Waals surface area contributed by atoms with Crippen LogP contribution in [0.4, 0.5) is 0 Å². The number of β-amino-alcohol motifs (C(OH)–C–C–N with tert-alkyl or cyclic N) is 1. The molecule has 2 N–H and O–H groups in total. The fourth-order valence-corrected chi connectivity index (χ4v) is 3.72. The summed E-state index contributed by atoms with van der Waals surface area (Å²) >= 11 is 0. The molecule has 110 valence electrons. The van der Waals surface area contributed by atoms with E-state index in [9.17, 15) is 5.11 Å². The molecule has 0 bridgehead atoms. The number of piperidine rings is 1. The highest BCUT2D eigenvalue weighted by molar-refractivity contribution is 5.15. The van der Waals surface area contributed by atoms with Crippen molar-refractivity contribution in [2.75, 3.05) is 19.6 Å². The van der Waals surface area contributed by atoms with Crippen LogP contribution >= 0.6 is 0 Å². The van der Waals surface area contributed by atoms with E-state index >= 15 is 0 Å². The number of aliphatic hydroxyl groups is 1. The molecule has 1 aromatic carbocycles. The van der Waals surface area contributed by atoms with Crippen molar-refractivity contribution in [3.8, 4) is 0 Å². The van der Waals surface area contributed by atoms with Gasteiger partial charge in [0.25, 0.3) is 0 Å². The summed E-state index contributed by atoms with van der Waals surface area (Å²) in [6.45, 7) is 4.02. The molecule has 3 rings (SSSR count). The highest BCUT2D eigenvalue weighted by Gasteiger charge is 2.35. The molecular formula is C17H26N2O. The predicted octanol–water partition coefficient (Wildman–Crippen LogP) is 2.16. The Labute approximate surface area is 122 Å². The van der Waals surface area contributed by atoms with Crippen LogP contribution in [0, 0.1) is 0 Å². The molecule has 2 aliphatic rings. The molecule has 2 saturated heterocycles. The normalized spacial score (nSPS) is 31.6. The van der Waals surface area contributed by atoms with E-state index in [2.05, 4.69) is 40.5 Å². The lowest BCUT2D eigenvalue weighted by atomic mass is 9.86. The van der Waals surface area contributed by atoms with Gasteiger partial charge in [-0.1, -0.05) is 30.3 Å². The molecule has 1 aromatic rings. The van der Waals surface area contributed by atoms with Crippen molar-refractivity contribution in [2.45, 2.75) is 50.3 Å². The Hall–Kier alpha value is -0.900. The summed E-state index contributed by atoms with van der Waals surface area (Å²) in [5, 5.41) is 14.1. The summed E-state index contributed by atoms with van der Waals surface area (Å²) in [5.74, 6) is 0. The summed E-state index contributed by atoms with van der Waals surface area (Å²) in [7, 11) is 0. The van der Waals surface area contributed by atoms with Crippen LogP contribution in [0.3, 0.4) is 0 Å². The second kappa shape index (κ2) is 6.25. The van der Waals surface area contributed by atoms with Crippen molar-refractivity contribution < 1.29 is 5.11 Å². The van der Waals surface area contributed by atoms with Gasteiger partial charge in [-0.05, 0) is 50.8 Å². The molecule has 0 spiro atoms. The molecule has 3 heteroatoms. The Morgan fingerprint density at radius 1 is 1.25 bits per heavy atom. The molecule has 0 aromatic heterocycles. The minimum Gasteiger partial charge on any atom is -0.389 e. The van der Waals surface area contributed by atoms with Gasteiger partial charge in [0.05, 0.1) is 5.60 Å². The molecule has 2 aliphatic heterocycles. The highest BCUT2D eigenvalue weighted by Crippen LogP contribution is 2.30. The van der Waals surface area contributed by atoms with Crippen LogP contribution in [-0.4, -0.2) is 41.3 Å². The molecule has 0 saturated carbocycles. The molecule has 0 amide bonds. The summed E-state index contributed by atoms with van der Waals surface area (Å²) < 4.78 is 0. The Kier molecular flexibility index (Phi) is 4.39. The van der Waals surface area contributed by atoms with Crippen LogP contribution in [0.5, 0.6) is 0 Å². The molecule has 3 nitrogen and oxygen atoms in total. The van der Waals surface area contributed by atoms with Crippen LogP contribution in [0.25, 0.3) is 0 Å². The van der Waals surface area contributed by atoms with E-state index in [0.717, 1.165) is 38.9 Å². The highest BCUT2D eigenvalue weighted by atomic mass is 16.3. The number of nitrogens with one attached hydrogen (secondary N) is 1. The molecule has 2 unspecified atom stereocenters. The predicted molar refractivity (Wildman–Crippen MR) is 81.5 cm³/mol. The van der Waals surface area contributed by atoms with Gasteiger partial charge in [0.1, 0.15) is 0 Å². The van der Waals surface area contributed by atoms with Gasteiger partial charge >= 0.3 is 0 Å². The van der Waals surface area contributed by atoms with Gasteiger partial charge in [0.2, 0.25) is 0 Å². The zero-order valence-corrected chi connectivity index (χ0v) is 12.2. The van der Waals surface area contributed by atoms with E-state index in [0.29, 0.717) is 6.04 Å². The lowest BCUT2D eigenvalue weighted by molar-refractivity contribution is -0.0118. The van der Waals surface area contributed by atoms with E-state index in [1.165, 1.54) is 24.9 Å².